The summed E-state index contributed by atoms with van der Waals surface area (Å²) in [7, 11) is 0. The molecule has 28 heavy (non-hydrogen) atoms. The molecule has 3 aromatic rings. The van der Waals surface area contributed by atoms with E-state index < -0.39 is 6.04 Å². The smallest absolute Gasteiger partial charge is 0.248 e. The molecule has 5 nitrogen and oxygen atoms in total. The first-order valence-corrected chi connectivity index (χ1v) is 10.4. The van der Waals surface area contributed by atoms with Gasteiger partial charge in [0.25, 0.3) is 0 Å². The Balaban J connectivity index is 1.54. The highest BCUT2D eigenvalue weighted by Gasteiger charge is 2.26. The van der Waals surface area contributed by atoms with E-state index in [2.05, 4.69) is 9.71 Å². The molecule has 0 bridgehead atoms. The number of piperidine rings is 1. The molecule has 1 aromatic heterocycles. The fourth-order valence-corrected chi connectivity index (χ4v) is 4.34. The van der Waals surface area contributed by atoms with E-state index in [-0.39, 0.29) is 11.5 Å². The second-order valence-corrected chi connectivity index (χ2v) is 7.93. The second kappa shape index (κ2) is 8.63. The van der Waals surface area contributed by atoms with E-state index in [0.717, 1.165) is 47.3 Å². The number of hydrogen-bond donors (Lipinski definition) is 2. The van der Waals surface area contributed by atoms with Crippen molar-refractivity contribution in [1.82, 2.24) is 14.6 Å². The first-order chi connectivity index (χ1) is 13.7. The van der Waals surface area contributed by atoms with Gasteiger partial charge in [-0.25, -0.2) is 4.72 Å². The summed E-state index contributed by atoms with van der Waals surface area (Å²) in [6.45, 7) is 1.66. The van der Waals surface area contributed by atoms with Crippen LogP contribution < -0.4 is 10.3 Å². The van der Waals surface area contributed by atoms with Gasteiger partial charge in [0.15, 0.2) is 0 Å². The Kier molecular flexibility index (Phi) is 5.78. The Morgan fingerprint density at radius 3 is 2.57 bits per heavy atom. The van der Waals surface area contributed by atoms with E-state index >= 15 is 0 Å². The summed E-state index contributed by atoms with van der Waals surface area (Å²) < 4.78 is 3.38. The molecule has 0 radical (unpaired) electrons. The molecule has 2 aromatic carbocycles. The van der Waals surface area contributed by atoms with Crippen LogP contribution in [-0.2, 0) is 4.79 Å². The average molecular weight is 394 g/mol. The molecule has 1 saturated heterocycles. The molecule has 1 aliphatic rings. The quantitative estimate of drug-likeness (QED) is 0.646. The van der Waals surface area contributed by atoms with Gasteiger partial charge in [0.05, 0.1) is 0 Å². The second-order valence-electron chi connectivity index (χ2n) is 7.02. The van der Waals surface area contributed by atoms with Crippen LogP contribution in [0, 0.1) is 0 Å². The maximum absolute atomic E-state index is 13.2. The first-order valence-electron chi connectivity index (χ1n) is 9.60. The molecule has 6 heteroatoms. The Bertz CT molecular complexity index is 1010. The Hall–Kier alpha value is -2.57. The van der Waals surface area contributed by atoms with Crippen molar-refractivity contribution in [2.24, 2.45) is 0 Å². The van der Waals surface area contributed by atoms with Gasteiger partial charge in [-0.1, -0.05) is 30.3 Å². The van der Waals surface area contributed by atoms with Crippen LogP contribution in [0.25, 0.3) is 10.9 Å². The zero-order chi connectivity index (χ0) is 19.3. The van der Waals surface area contributed by atoms with Gasteiger partial charge in [-0.05, 0) is 66.4 Å². The van der Waals surface area contributed by atoms with Crippen molar-refractivity contribution in [2.75, 3.05) is 13.1 Å². The van der Waals surface area contributed by atoms with Crippen molar-refractivity contribution in [1.29, 1.82) is 0 Å². The number of carbonyl (C=O) groups excluding carboxylic acids is 1. The van der Waals surface area contributed by atoms with Gasteiger partial charge in [-0.3, -0.25) is 9.59 Å². The number of aromatic nitrogens is 1. The lowest BCUT2D eigenvalue weighted by Gasteiger charge is -2.30. The number of carbonyl (C=O) groups is 1. The van der Waals surface area contributed by atoms with Crippen molar-refractivity contribution in [3.63, 3.8) is 0 Å². The van der Waals surface area contributed by atoms with E-state index in [0.29, 0.717) is 0 Å². The maximum Gasteiger partial charge on any atom is 0.248 e. The highest BCUT2D eigenvalue weighted by molar-refractivity contribution is 7.97. The number of rotatable bonds is 5. The van der Waals surface area contributed by atoms with Crippen LogP contribution in [0.3, 0.4) is 0 Å². The lowest BCUT2D eigenvalue weighted by atomic mass is 10.0. The summed E-state index contributed by atoms with van der Waals surface area (Å²) in [6, 6.07) is 18.7. The lowest BCUT2D eigenvalue weighted by molar-refractivity contribution is -0.134. The third kappa shape index (κ3) is 4.29. The number of benzene rings is 2. The maximum atomic E-state index is 13.2. The summed E-state index contributed by atoms with van der Waals surface area (Å²) in [4.78, 5) is 30.4. The fourth-order valence-electron chi connectivity index (χ4n) is 3.53. The highest BCUT2D eigenvalue weighted by Crippen LogP contribution is 2.26. The molecular formula is C22H23N3O2S. The van der Waals surface area contributed by atoms with Crippen LogP contribution in [0.2, 0.25) is 0 Å². The minimum atomic E-state index is -0.393. The molecule has 2 N–H and O–H groups in total. The molecule has 1 amide bonds. The Morgan fingerprint density at radius 2 is 1.79 bits per heavy atom. The molecule has 0 saturated carbocycles. The number of amides is 1. The number of aromatic amines is 1. The number of hydrogen-bond acceptors (Lipinski definition) is 4. The van der Waals surface area contributed by atoms with Crippen molar-refractivity contribution >= 4 is 28.8 Å². The molecule has 2 heterocycles. The average Bonchev–Trinajstić information content (AvgIpc) is 2.75. The lowest BCUT2D eigenvalue weighted by Crippen LogP contribution is -2.42. The summed E-state index contributed by atoms with van der Waals surface area (Å²) in [5, 5.41) is 0.963. The predicted octanol–water partition coefficient (Wildman–Crippen LogP) is 3.88. The Morgan fingerprint density at radius 1 is 1.00 bits per heavy atom. The molecule has 1 unspecified atom stereocenters. The van der Waals surface area contributed by atoms with Crippen molar-refractivity contribution < 1.29 is 4.79 Å². The minimum absolute atomic E-state index is 0.109. The van der Waals surface area contributed by atoms with E-state index in [9.17, 15) is 9.59 Å². The fraction of sp³-hybridized carbons (Fsp3) is 0.273. The van der Waals surface area contributed by atoms with Gasteiger partial charge in [-0.15, -0.1) is 0 Å². The molecule has 144 valence electrons. The summed E-state index contributed by atoms with van der Waals surface area (Å²) in [6.07, 6.45) is 3.34. The largest absolute Gasteiger partial charge is 0.341 e. The first kappa shape index (κ1) is 18.8. The topological polar surface area (TPSA) is 65.2 Å². The molecule has 1 fully saturated rings. The van der Waals surface area contributed by atoms with Crippen molar-refractivity contribution in [2.45, 2.75) is 30.2 Å². The van der Waals surface area contributed by atoms with Gasteiger partial charge >= 0.3 is 0 Å². The SMILES string of the molecule is O=C(C(NSc1ccc2[nH]c(=O)ccc2c1)c1ccccc1)N1CCCCC1. The molecule has 1 atom stereocenters. The van der Waals surface area contributed by atoms with Crippen LogP contribution in [0.1, 0.15) is 30.9 Å². The van der Waals surface area contributed by atoms with Gasteiger partial charge in [-0.2, -0.15) is 0 Å². The van der Waals surface area contributed by atoms with Crippen LogP contribution in [0.5, 0.6) is 0 Å². The number of fused-ring (bicyclic) bond motifs is 1. The normalized spacial score (nSPS) is 15.5. The molecular weight excluding hydrogens is 370 g/mol. The zero-order valence-electron chi connectivity index (χ0n) is 15.6. The minimum Gasteiger partial charge on any atom is -0.341 e. The number of likely N-dealkylation sites (tertiary alicyclic amines) is 1. The molecule has 0 aliphatic carbocycles. The van der Waals surface area contributed by atoms with Gasteiger partial charge in [0, 0.05) is 29.6 Å². The van der Waals surface area contributed by atoms with Gasteiger partial charge in [0.1, 0.15) is 6.04 Å². The van der Waals surface area contributed by atoms with Crippen LogP contribution in [0.15, 0.2) is 70.4 Å². The van der Waals surface area contributed by atoms with E-state index in [1.54, 1.807) is 0 Å². The zero-order valence-corrected chi connectivity index (χ0v) is 16.4. The number of nitrogens with zero attached hydrogens (tertiary/aromatic N) is 1. The predicted molar refractivity (Wildman–Crippen MR) is 113 cm³/mol. The van der Waals surface area contributed by atoms with Gasteiger partial charge in [0.2, 0.25) is 11.5 Å². The van der Waals surface area contributed by atoms with E-state index in [1.165, 1.54) is 24.4 Å². The summed E-state index contributed by atoms with van der Waals surface area (Å²) >= 11 is 1.45. The summed E-state index contributed by atoms with van der Waals surface area (Å²) in [5.41, 5.74) is 1.67. The van der Waals surface area contributed by atoms with Crippen LogP contribution >= 0.6 is 11.9 Å². The third-order valence-corrected chi connectivity index (χ3v) is 5.88. The standard InChI is InChI=1S/C22H23N3O2S/c26-20-12-9-17-15-18(10-11-19(17)23-20)28-24-21(16-7-3-1-4-8-16)22(27)25-13-5-2-6-14-25/h1,3-4,7-12,15,21,24H,2,5-6,13-14H2,(H,23,26). The van der Waals surface area contributed by atoms with Gasteiger partial charge < -0.3 is 9.88 Å². The van der Waals surface area contributed by atoms with Crippen LogP contribution in [-0.4, -0.2) is 28.9 Å². The number of nitrogens with one attached hydrogen (secondary N) is 2. The number of H-pyrrole nitrogens is 1. The molecule has 1 aliphatic heterocycles. The highest BCUT2D eigenvalue weighted by atomic mass is 32.2. The van der Waals surface area contributed by atoms with E-state index in [1.807, 2.05) is 59.5 Å². The Labute approximate surface area is 168 Å². The molecule has 4 rings (SSSR count). The van der Waals surface area contributed by atoms with E-state index in [4.69, 9.17) is 0 Å². The van der Waals surface area contributed by atoms with Crippen LogP contribution in [0.4, 0.5) is 0 Å². The molecule has 0 spiro atoms. The third-order valence-electron chi connectivity index (χ3n) is 5.04. The van der Waals surface area contributed by atoms with Crippen molar-refractivity contribution in [3.8, 4) is 0 Å². The summed E-state index contributed by atoms with van der Waals surface area (Å²) in [5.74, 6) is 0.128. The monoisotopic (exact) mass is 393 g/mol. The number of pyridine rings is 1. The van der Waals surface area contributed by atoms with Crippen molar-refractivity contribution in [3.05, 3.63) is 76.6 Å².